The zero-order valence-corrected chi connectivity index (χ0v) is 8.04. The van der Waals surface area contributed by atoms with E-state index in [0.717, 1.165) is 5.69 Å². The number of hydrogen-bond acceptors (Lipinski definition) is 4. The molecule has 0 aromatic carbocycles. The van der Waals surface area contributed by atoms with Crippen LogP contribution in [0.3, 0.4) is 0 Å². The van der Waals surface area contributed by atoms with E-state index in [9.17, 15) is 4.79 Å². The zero-order valence-electron chi connectivity index (χ0n) is 7.23. The van der Waals surface area contributed by atoms with Gasteiger partial charge in [-0.3, -0.25) is 9.89 Å². The molecule has 5 nitrogen and oxygen atoms in total. The van der Waals surface area contributed by atoms with E-state index in [1.165, 1.54) is 17.5 Å². The Morgan fingerprint density at radius 2 is 2.57 bits per heavy atom. The van der Waals surface area contributed by atoms with Crippen molar-refractivity contribution in [3.63, 3.8) is 0 Å². The molecule has 2 heterocycles. The van der Waals surface area contributed by atoms with Gasteiger partial charge in [0.25, 0.3) is 5.91 Å². The average Bonchev–Trinajstić information content (AvgIpc) is 2.87. The Morgan fingerprint density at radius 3 is 3.21 bits per heavy atom. The lowest BCUT2D eigenvalue weighted by Crippen LogP contribution is -2.22. The summed E-state index contributed by atoms with van der Waals surface area (Å²) in [7, 11) is 0. The molecule has 0 fully saturated rings. The number of nitrogens with zero attached hydrogens (tertiary/aromatic N) is 2. The van der Waals surface area contributed by atoms with Crippen molar-refractivity contribution in [3.05, 3.63) is 34.5 Å². The summed E-state index contributed by atoms with van der Waals surface area (Å²) in [5.74, 6) is -0.147. The first-order chi connectivity index (χ1) is 6.86. The number of carbonyl (C=O) groups is 1. The molecule has 0 aliphatic heterocycles. The summed E-state index contributed by atoms with van der Waals surface area (Å²) in [6.07, 6.45) is 3.03. The maximum absolute atomic E-state index is 11.4. The van der Waals surface area contributed by atoms with Crippen LogP contribution < -0.4 is 5.32 Å². The van der Waals surface area contributed by atoms with Crippen LogP contribution in [-0.4, -0.2) is 21.1 Å². The van der Waals surface area contributed by atoms with E-state index in [1.807, 2.05) is 5.38 Å². The molecule has 0 aliphatic rings. The smallest absolute Gasteiger partial charge is 0.254 e. The molecular formula is C8H8N4OS. The molecular weight excluding hydrogens is 200 g/mol. The van der Waals surface area contributed by atoms with Gasteiger partial charge in [-0.05, 0) is 0 Å². The molecule has 0 unspecified atom stereocenters. The Balaban J connectivity index is 1.90. The molecule has 14 heavy (non-hydrogen) atoms. The van der Waals surface area contributed by atoms with Gasteiger partial charge in [-0.1, -0.05) is 0 Å². The van der Waals surface area contributed by atoms with Gasteiger partial charge in [-0.25, -0.2) is 4.98 Å². The third kappa shape index (κ3) is 1.97. The fourth-order valence-corrected chi connectivity index (χ4v) is 1.53. The Labute approximate surface area is 84.2 Å². The van der Waals surface area contributed by atoms with Crippen molar-refractivity contribution in [1.29, 1.82) is 0 Å². The molecule has 6 heteroatoms. The number of aromatic nitrogens is 3. The molecule has 72 valence electrons. The number of thiazole rings is 1. The highest BCUT2D eigenvalue weighted by atomic mass is 32.1. The van der Waals surface area contributed by atoms with Crippen LogP contribution in [0.2, 0.25) is 0 Å². The van der Waals surface area contributed by atoms with Gasteiger partial charge in [0.2, 0.25) is 0 Å². The van der Waals surface area contributed by atoms with Gasteiger partial charge in [0.1, 0.15) is 0 Å². The van der Waals surface area contributed by atoms with Crippen LogP contribution in [0.1, 0.15) is 16.1 Å². The highest BCUT2D eigenvalue weighted by Gasteiger charge is 2.05. The number of nitrogens with one attached hydrogen (secondary N) is 2. The van der Waals surface area contributed by atoms with Crippen LogP contribution in [0, 0.1) is 0 Å². The monoisotopic (exact) mass is 208 g/mol. The quantitative estimate of drug-likeness (QED) is 0.783. The summed E-state index contributed by atoms with van der Waals surface area (Å²) in [5, 5.41) is 10.9. The standard InChI is InChI=1S/C8H8N4OS/c13-8(6-1-11-12-2-6)9-3-7-4-14-5-10-7/h1-2,4-5H,3H2,(H,9,13)(H,11,12). The molecule has 2 aromatic rings. The molecule has 0 saturated heterocycles. The Hall–Kier alpha value is -1.69. The number of rotatable bonds is 3. The van der Waals surface area contributed by atoms with Crippen molar-refractivity contribution >= 4 is 17.2 Å². The third-order valence-electron chi connectivity index (χ3n) is 1.67. The fraction of sp³-hybridized carbons (Fsp3) is 0.125. The minimum Gasteiger partial charge on any atom is -0.346 e. The average molecular weight is 208 g/mol. The lowest BCUT2D eigenvalue weighted by atomic mass is 10.3. The molecule has 2 aromatic heterocycles. The van der Waals surface area contributed by atoms with E-state index < -0.39 is 0 Å². The van der Waals surface area contributed by atoms with E-state index in [-0.39, 0.29) is 5.91 Å². The van der Waals surface area contributed by atoms with E-state index in [0.29, 0.717) is 12.1 Å². The third-order valence-corrected chi connectivity index (χ3v) is 2.31. The Kier molecular flexibility index (Phi) is 2.55. The van der Waals surface area contributed by atoms with Gasteiger partial charge in [0.15, 0.2) is 0 Å². The largest absolute Gasteiger partial charge is 0.346 e. The summed E-state index contributed by atoms with van der Waals surface area (Å²) >= 11 is 1.51. The molecule has 2 N–H and O–H groups in total. The highest BCUT2D eigenvalue weighted by Crippen LogP contribution is 2.00. The second-order valence-corrected chi connectivity index (χ2v) is 3.37. The van der Waals surface area contributed by atoms with Crippen LogP contribution in [-0.2, 0) is 6.54 Å². The molecule has 0 saturated carbocycles. The maximum atomic E-state index is 11.4. The summed E-state index contributed by atoms with van der Waals surface area (Å²) in [6, 6.07) is 0. The first-order valence-corrected chi connectivity index (χ1v) is 4.94. The molecule has 0 bridgehead atoms. The predicted octanol–water partition coefficient (Wildman–Crippen LogP) is 0.796. The van der Waals surface area contributed by atoms with Crippen molar-refractivity contribution < 1.29 is 4.79 Å². The van der Waals surface area contributed by atoms with E-state index >= 15 is 0 Å². The van der Waals surface area contributed by atoms with Crippen LogP contribution in [0.4, 0.5) is 0 Å². The SMILES string of the molecule is O=C(NCc1cscn1)c1cn[nH]c1. The number of amides is 1. The lowest BCUT2D eigenvalue weighted by Gasteiger charge is -1.99. The molecule has 0 atom stereocenters. The Bertz CT molecular complexity index is 395. The normalized spacial score (nSPS) is 10.0. The van der Waals surface area contributed by atoms with Crippen molar-refractivity contribution in [2.24, 2.45) is 0 Å². The summed E-state index contributed by atoms with van der Waals surface area (Å²) in [4.78, 5) is 15.5. The number of hydrogen-bond donors (Lipinski definition) is 2. The van der Waals surface area contributed by atoms with Gasteiger partial charge in [-0.15, -0.1) is 11.3 Å². The second kappa shape index (κ2) is 4.01. The second-order valence-electron chi connectivity index (χ2n) is 2.65. The van der Waals surface area contributed by atoms with Gasteiger partial charge in [0, 0.05) is 11.6 Å². The Morgan fingerprint density at radius 1 is 1.64 bits per heavy atom. The van der Waals surface area contributed by atoms with Crippen LogP contribution in [0.5, 0.6) is 0 Å². The van der Waals surface area contributed by atoms with E-state index in [2.05, 4.69) is 20.5 Å². The summed E-state index contributed by atoms with van der Waals surface area (Å²) in [5.41, 5.74) is 3.13. The highest BCUT2D eigenvalue weighted by molar-refractivity contribution is 7.07. The molecule has 0 spiro atoms. The number of aromatic amines is 1. The molecule has 0 radical (unpaired) electrons. The van der Waals surface area contributed by atoms with Crippen molar-refractivity contribution in [3.8, 4) is 0 Å². The van der Waals surface area contributed by atoms with Crippen LogP contribution in [0.25, 0.3) is 0 Å². The van der Waals surface area contributed by atoms with Crippen molar-refractivity contribution in [2.75, 3.05) is 0 Å². The minimum atomic E-state index is -0.147. The number of carbonyl (C=O) groups excluding carboxylic acids is 1. The van der Waals surface area contributed by atoms with E-state index in [1.54, 1.807) is 11.7 Å². The first-order valence-electron chi connectivity index (χ1n) is 4.00. The lowest BCUT2D eigenvalue weighted by molar-refractivity contribution is 0.0950. The molecule has 1 amide bonds. The maximum Gasteiger partial charge on any atom is 0.254 e. The topological polar surface area (TPSA) is 70.7 Å². The van der Waals surface area contributed by atoms with Crippen molar-refractivity contribution in [1.82, 2.24) is 20.5 Å². The molecule has 0 aliphatic carbocycles. The number of H-pyrrole nitrogens is 1. The van der Waals surface area contributed by atoms with Gasteiger partial charge >= 0.3 is 0 Å². The predicted molar refractivity (Wildman–Crippen MR) is 51.9 cm³/mol. The summed E-state index contributed by atoms with van der Waals surface area (Å²) < 4.78 is 0. The van der Waals surface area contributed by atoms with Gasteiger partial charge in [0.05, 0.1) is 29.5 Å². The van der Waals surface area contributed by atoms with Gasteiger partial charge in [-0.2, -0.15) is 5.10 Å². The first kappa shape index (κ1) is 8.89. The minimum absolute atomic E-state index is 0.147. The fourth-order valence-electron chi connectivity index (χ4n) is 0.973. The summed E-state index contributed by atoms with van der Waals surface area (Å²) in [6.45, 7) is 0.452. The van der Waals surface area contributed by atoms with E-state index in [4.69, 9.17) is 0 Å². The molecule has 2 rings (SSSR count). The zero-order chi connectivity index (χ0) is 9.80. The van der Waals surface area contributed by atoms with Crippen LogP contribution >= 0.6 is 11.3 Å². The van der Waals surface area contributed by atoms with Crippen LogP contribution in [0.15, 0.2) is 23.3 Å². The van der Waals surface area contributed by atoms with Gasteiger partial charge < -0.3 is 5.32 Å². The van der Waals surface area contributed by atoms with Crippen molar-refractivity contribution in [2.45, 2.75) is 6.54 Å².